The molecule has 0 bridgehead atoms. The maximum atomic E-state index is 9.39. The summed E-state index contributed by atoms with van der Waals surface area (Å²) in [6.45, 7) is 0. The highest BCUT2D eigenvalue weighted by atomic mass is 35.5. The summed E-state index contributed by atoms with van der Waals surface area (Å²) in [6, 6.07) is 14.8. The van der Waals surface area contributed by atoms with Crippen LogP contribution in [0.3, 0.4) is 0 Å². The van der Waals surface area contributed by atoms with Crippen molar-refractivity contribution in [3.8, 4) is 17.6 Å². The third kappa shape index (κ3) is 3.36. The number of hydrogen-bond acceptors (Lipinski definition) is 3. The Hall–Kier alpha value is -2.44. The topological polar surface area (TPSA) is 42.2 Å². The van der Waals surface area contributed by atoms with Gasteiger partial charge in [-0.1, -0.05) is 29.8 Å². The molecule has 2 aromatic rings. The molecule has 0 aliphatic carbocycles. The fourth-order valence-electron chi connectivity index (χ4n) is 1.94. The lowest BCUT2D eigenvalue weighted by atomic mass is 10.0. The highest BCUT2D eigenvalue weighted by Gasteiger charge is 2.08. The average Bonchev–Trinajstić information content (AvgIpc) is 2.53. The minimum Gasteiger partial charge on any atom is -0.497 e. The van der Waals surface area contributed by atoms with Gasteiger partial charge in [0, 0.05) is 22.2 Å². The van der Waals surface area contributed by atoms with Gasteiger partial charge in [0.2, 0.25) is 0 Å². The van der Waals surface area contributed by atoms with Crippen molar-refractivity contribution in [3.63, 3.8) is 0 Å². The van der Waals surface area contributed by atoms with Crippen LogP contribution in [0.1, 0.15) is 11.1 Å². The molecule has 0 saturated heterocycles. The Labute approximate surface area is 129 Å². The van der Waals surface area contributed by atoms with Crippen molar-refractivity contribution in [1.29, 1.82) is 5.26 Å². The normalized spacial score (nSPS) is 10.9. The molecule has 0 amide bonds. The second-order valence-electron chi connectivity index (χ2n) is 4.26. The van der Waals surface area contributed by atoms with Gasteiger partial charge in [0.15, 0.2) is 0 Å². The molecule has 3 nitrogen and oxygen atoms in total. The summed E-state index contributed by atoms with van der Waals surface area (Å²) >= 11 is 6.14. The van der Waals surface area contributed by atoms with Gasteiger partial charge in [-0.15, -0.1) is 0 Å². The summed E-state index contributed by atoms with van der Waals surface area (Å²) in [6.07, 6.45) is 1.75. The number of benzene rings is 2. The second-order valence-corrected chi connectivity index (χ2v) is 4.66. The molecule has 0 heterocycles. The molecule has 2 aromatic carbocycles. The van der Waals surface area contributed by atoms with E-state index in [0.29, 0.717) is 27.7 Å². The quantitative estimate of drug-likeness (QED) is 0.620. The van der Waals surface area contributed by atoms with E-state index < -0.39 is 0 Å². The minimum atomic E-state index is 0.476. The summed E-state index contributed by atoms with van der Waals surface area (Å²) in [5.74, 6) is 1.33. The minimum absolute atomic E-state index is 0.476. The summed E-state index contributed by atoms with van der Waals surface area (Å²) in [7, 11) is 3.17. The number of allylic oxidation sites excluding steroid dienone is 1. The maximum absolute atomic E-state index is 9.39. The first-order valence-corrected chi connectivity index (χ1v) is 6.66. The lowest BCUT2D eigenvalue weighted by Gasteiger charge is -2.08. The Morgan fingerprint density at radius 3 is 2.52 bits per heavy atom. The maximum Gasteiger partial charge on any atom is 0.129 e. The molecule has 0 unspecified atom stereocenters. The Morgan fingerprint density at radius 2 is 1.90 bits per heavy atom. The van der Waals surface area contributed by atoms with E-state index >= 15 is 0 Å². The highest BCUT2D eigenvalue weighted by Crippen LogP contribution is 2.30. The van der Waals surface area contributed by atoms with Crippen LogP contribution in [0.5, 0.6) is 11.5 Å². The third-order valence-electron chi connectivity index (χ3n) is 3.02. The van der Waals surface area contributed by atoms with E-state index in [2.05, 4.69) is 6.07 Å². The van der Waals surface area contributed by atoms with Gasteiger partial charge in [0.1, 0.15) is 11.5 Å². The van der Waals surface area contributed by atoms with E-state index in [1.54, 1.807) is 32.4 Å². The van der Waals surface area contributed by atoms with Crippen LogP contribution >= 0.6 is 11.6 Å². The van der Waals surface area contributed by atoms with E-state index in [1.165, 1.54) is 0 Å². The molecule has 0 aliphatic heterocycles. The van der Waals surface area contributed by atoms with E-state index in [1.807, 2.05) is 30.3 Å². The monoisotopic (exact) mass is 299 g/mol. The van der Waals surface area contributed by atoms with Crippen molar-refractivity contribution in [2.45, 2.75) is 0 Å². The number of rotatable bonds is 4. The molecular formula is C17H14ClNO2. The van der Waals surface area contributed by atoms with Crippen LogP contribution in [0.2, 0.25) is 5.02 Å². The molecule has 0 atom stereocenters. The summed E-state index contributed by atoms with van der Waals surface area (Å²) in [4.78, 5) is 0. The molecule has 0 fully saturated rings. The molecule has 0 aliphatic rings. The van der Waals surface area contributed by atoms with Crippen LogP contribution in [0.25, 0.3) is 11.6 Å². The van der Waals surface area contributed by atoms with E-state index in [9.17, 15) is 5.26 Å². The Kier molecular flexibility index (Phi) is 4.86. The standard InChI is InChI=1S/C17H14ClNO2/c1-20-14-8-7-12(17(10-14)21-2)9-13(11-19)15-5-3-4-6-16(15)18/h3-10H,1-2H3. The zero-order valence-corrected chi connectivity index (χ0v) is 12.5. The molecule has 21 heavy (non-hydrogen) atoms. The molecule has 4 heteroatoms. The molecule has 0 saturated carbocycles. The molecule has 2 rings (SSSR count). The van der Waals surface area contributed by atoms with Crippen LogP contribution in [-0.2, 0) is 0 Å². The predicted molar refractivity (Wildman–Crippen MR) is 84.5 cm³/mol. The number of nitrogens with zero attached hydrogens (tertiary/aromatic N) is 1. The van der Waals surface area contributed by atoms with Gasteiger partial charge in [-0.05, 0) is 24.3 Å². The summed E-state index contributed by atoms with van der Waals surface area (Å²) < 4.78 is 10.5. The highest BCUT2D eigenvalue weighted by molar-refractivity contribution is 6.32. The second kappa shape index (κ2) is 6.83. The van der Waals surface area contributed by atoms with Crippen molar-refractivity contribution >= 4 is 23.3 Å². The van der Waals surface area contributed by atoms with E-state index in [4.69, 9.17) is 21.1 Å². The lowest BCUT2D eigenvalue weighted by molar-refractivity contribution is 0.394. The van der Waals surface area contributed by atoms with Crippen LogP contribution < -0.4 is 9.47 Å². The van der Waals surface area contributed by atoms with Gasteiger partial charge in [0.25, 0.3) is 0 Å². The Balaban J connectivity index is 2.51. The number of ether oxygens (including phenoxy) is 2. The van der Waals surface area contributed by atoms with Crippen LogP contribution in [0, 0.1) is 11.3 Å². The van der Waals surface area contributed by atoms with Crippen LogP contribution in [-0.4, -0.2) is 14.2 Å². The smallest absolute Gasteiger partial charge is 0.129 e. The molecule has 106 valence electrons. The van der Waals surface area contributed by atoms with Gasteiger partial charge in [-0.2, -0.15) is 5.26 Å². The van der Waals surface area contributed by atoms with Crippen molar-refractivity contribution in [2.75, 3.05) is 14.2 Å². The predicted octanol–water partition coefficient (Wildman–Crippen LogP) is 4.42. The zero-order valence-electron chi connectivity index (χ0n) is 11.8. The Morgan fingerprint density at radius 1 is 1.14 bits per heavy atom. The van der Waals surface area contributed by atoms with Crippen molar-refractivity contribution in [3.05, 3.63) is 58.6 Å². The molecule has 0 radical (unpaired) electrons. The third-order valence-corrected chi connectivity index (χ3v) is 3.35. The SMILES string of the molecule is COc1ccc(C=C(C#N)c2ccccc2Cl)c(OC)c1. The largest absolute Gasteiger partial charge is 0.497 e. The van der Waals surface area contributed by atoms with Gasteiger partial charge >= 0.3 is 0 Å². The number of halogens is 1. The van der Waals surface area contributed by atoms with Gasteiger partial charge in [-0.3, -0.25) is 0 Å². The van der Waals surface area contributed by atoms with Crippen molar-refractivity contribution < 1.29 is 9.47 Å². The van der Waals surface area contributed by atoms with Crippen LogP contribution in [0.4, 0.5) is 0 Å². The number of nitriles is 1. The number of hydrogen-bond donors (Lipinski definition) is 0. The fourth-order valence-corrected chi connectivity index (χ4v) is 2.18. The molecule has 0 N–H and O–H groups in total. The van der Waals surface area contributed by atoms with Gasteiger partial charge < -0.3 is 9.47 Å². The fraction of sp³-hybridized carbons (Fsp3) is 0.118. The molecule has 0 aromatic heterocycles. The average molecular weight is 300 g/mol. The first-order chi connectivity index (χ1) is 10.2. The van der Waals surface area contributed by atoms with Crippen LogP contribution in [0.15, 0.2) is 42.5 Å². The summed E-state index contributed by atoms with van der Waals surface area (Å²) in [5.41, 5.74) is 1.96. The first kappa shape index (κ1) is 15.0. The van der Waals surface area contributed by atoms with E-state index in [-0.39, 0.29) is 0 Å². The van der Waals surface area contributed by atoms with Gasteiger partial charge in [0.05, 0.1) is 25.9 Å². The van der Waals surface area contributed by atoms with E-state index in [0.717, 1.165) is 5.56 Å². The number of methoxy groups -OCH3 is 2. The molecule has 0 spiro atoms. The first-order valence-electron chi connectivity index (χ1n) is 6.28. The Bertz CT molecular complexity index is 717. The summed E-state index contributed by atoms with van der Waals surface area (Å²) in [5, 5.41) is 9.93. The van der Waals surface area contributed by atoms with Crippen molar-refractivity contribution in [1.82, 2.24) is 0 Å². The molecular weight excluding hydrogens is 286 g/mol. The van der Waals surface area contributed by atoms with Gasteiger partial charge in [-0.25, -0.2) is 0 Å². The van der Waals surface area contributed by atoms with Crippen molar-refractivity contribution in [2.24, 2.45) is 0 Å². The lowest BCUT2D eigenvalue weighted by Crippen LogP contribution is -1.91. The zero-order chi connectivity index (χ0) is 15.2.